The molecule has 0 aliphatic heterocycles. The summed E-state index contributed by atoms with van der Waals surface area (Å²) in [4.78, 5) is 6.51. The van der Waals surface area contributed by atoms with Crippen LogP contribution in [0.1, 0.15) is 32.4 Å². The van der Waals surface area contributed by atoms with Gasteiger partial charge in [0.05, 0.1) is 0 Å². The van der Waals surface area contributed by atoms with Crippen LogP contribution in [0, 0.1) is 5.41 Å². The predicted octanol–water partition coefficient (Wildman–Crippen LogP) is 1.99. The molecule has 1 aromatic heterocycles. The fraction of sp³-hybridized carbons (Fsp3) is 0.500. The molecule has 0 aromatic carbocycles. The highest BCUT2D eigenvalue weighted by atomic mass is 15.2. The summed E-state index contributed by atoms with van der Waals surface area (Å²) in [6.07, 6.45) is 2.16. The first-order chi connectivity index (χ1) is 7.60. The lowest BCUT2D eigenvalue weighted by molar-refractivity contribution is 0.587. The van der Waals surface area contributed by atoms with Crippen molar-refractivity contribution < 1.29 is 0 Å². The number of pyridine rings is 1. The van der Waals surface area contributed by atoms with Crippen LogP contribution < -0.4 is 10.6 Å². The van der Waals surface area contributed by atoms with Gasteiger partial charge in [0.15, 0.2) is 0 Å². The van der Waals surface area contributed by atoms with Crippen molar-refractivity contribution in [1.29, 1.82) is 5.41 Å². The number of amidine groups is 1. The number of hydrogen-bond donors (Lipinski definition) is 2. The molecule has 0 saturated heterocycles. The number of nitrogens with one attached hydrogen (secondary N) is 1. The standard InChI is InChI=1S/C12H20N4/c1-4-9(5-2)16(3)11-8-6-7-10(15-11)12(13)14/h6-9H,4-5H2,1-3H3,(H3,13,14). The quantitative estimate of drug-likeness (QED) is 0.589. The Bertz CT molecular complexity index is 358. The third kappa shape index (κ3) is 2.72. The number of nitrogen functional groups attached to an aromatic ring is 1. The average Bonchev–Trinajstić information content (AvgIpc) is 2.30. The van der Waals surface area contributed by atoms with Gasteiger partial charge in [-0.05, 0) is 25.0 Å². The summed E-state index contributed by atoms with van der Waals surface area (Å²) in [6, 6.07) is 6.07. The van der Waals surface area contributed by atoms with Gasteiger partial charge in [0.1, 0.15) is 17.3 Å². The van der Waals surface area contributed by atoms with Crippen LogP contribution in [0.15, 0.2) is 18.2 Å². The van der Waals surface area contributed by atoms with E-state index >= 15 is 0 Å². The molecule has 3 N–H and O–H groups in total. The Morgan fingerprint density at radius 3 is 2.56 bits per heavy atom. The van der Waals surface area contributed by atoms with E-state index in [0.717, 1.165) is 18.7 Å². The Kier molecular flexibility index (Phi) is 4.28. The molecule has 4 heteroatoms. The molecule has 0 aliphatic rings. The molecule has 88 valence electrons. The molecule has 1 heterocycles. The lowest BCUT2D eigenvalue weighted by Gasteiger charge is -2.27. The molecule has 1 aromatic rings. The van der Waals surface area contributed by atoms with E-state index in [1.807, 2.05) is 19.2 Å². The van der Waals surface area contributed by atoms with E-state index in [2.05, 4.69) is 23.7 Å². The van der Waals surface area contributed by atoms with Crippen LogP contribution in [0.5, 0.6) is 0 Å². The van der Waals surface area contributed by atoms with Gasteiger partial charge in [-0.2, -0.15) is 0 Å². The number of hydrogen-bond acceptors (Lipinski definition) is 3. The highest BCUT2D eigenvalue weighted by molar-refractivity contribution is 5.93. The SMILES string of the molecule is CCC(CC)N(C)c1cccc(C(=N)N)n1. The van der Waals surface area contributed by atoms with Crippen molar-refractivity contribution in [2.75, 3.05) is 11.9 Å². The number of nitrogens with zero attached hydrogens (tertiary/aromatic N) is 2. The minimum Gasteiger partial charge on any atom is -0.382 e. The third-order valence-electron chi connectivity index (χ3n) is 2.86. The fourth-order valence-electron chi connectivity index (χ4n) is 1.79. The first-order valence-corrected chi connectivity index (χ1v) is 5.64. The molecule has 0 radical (unpaired) electrons. The van der Waals surface area contributed by atoms with Crippen molar-refractivity contribution >= 4 is 11.7 Å². The molecule has 0 saturated carbocycles. The summed E-state index contributed by atoms with van der Waals surface area (Å²) in [6.45, 7) is 4.33. The second-order valence-corrected chi connectivity index (χ2v) is 3.88. The smallest absolute Gasteiger partial charge is 0.141 e. The summed E-state index contributed by atoms with van der Waals surface area (Å²) in [5.74, 6) is 0.890. The first kappa shape index (κ1) is 12.5. The maximum absolute atomic E-state index is 7.37. The molecule has 16 heavy (non-hydrogen) atoms. The van der Waals surface area contributed by atoms with Crippen molar-refractivity contribution in [3.8, 4) is 0 Å². The predicted molar refractivity (Wildman–Crippen MR) is 68.0 cm³/mol. The molecule has 0 spiro atoms. The Morgan fingerprint density at radius 2 is 2.06 bits per heavy atom. The normalized spacial score (nSPS) is 10.5. The van der Waals surface area contributed by atoms with Crippen LogP contribution in [0.3, 0.4) is 0 Å². The van der Waals surface area contributed by atoms with Crippen molar-refractivity contribution in [2.45, 2.75) is 32.7 Å². The molecular weight excluding hydrogens is 200 g/mol. The van der Waals surface area contributed by atoms with Crippen molar-refractivity contribution in [2.24, 2.45) is 5.73 Å². The molecule has 0 unspecified atom stereocenters. The van der Waals surface area contributed by atoms with E-state index in [0.29, 0.717) is 11.7 Å². The van der Waals surface area contributed by atoms with E-state index in [1.54, 1.807) is 6.07 Å². The van der Waals surface area contributed by atoms with Gasteiger partial charge in [0, 0.05) is 13.1 Å². The fourth-order valence-corrected chi connectivity index (χ4v) is 1.79. The topological polar surface area (TPSA) is 66.0 Å². The molecule has 0 fully saturated rings. The van der Waals surface area contributed by atoms with Gasteiger partial charge < -0.3 is 10.6 Å². The lowest BCUT2D eigenvalue weighted by atomic mass is 10.1. The molecule has 1 rings (SSSR count). The maximum Gasteiger partial charge on any atom is 0.141 e. The molecule has 0 atom stereocenters. The zero-order chi connectivity index (χ0) is 12.1. The lowest BCUT2D eigenvalue weighted by Crippen LogP contribution is -2.31. The van der Waals surface area contributed by atoms with Gasteiger partial charge in [-0.1, -0.05) is 19.9 Å². The summed E-state index contributed by atoms with van der Waals surface area (Å²) in [7, 11) is 2.03. The van der Waals surface area contributed by atoms with E-state index in [4.69, 9.17) is 11.1 Å². The third-order valence-corrected chi connectivity index (χ3v) is 2.86. The second-order valence-electron chi connectivity index (χ2n) is 3.88. The highest BCUT2D eigenvalue weighted by Gasteiger charge is 2.12. The monoisotopic (exact) mass is 220 g/mol. The summed E-state index contributed by atoms with van der Waals surface area (Å²) in [5, 5.41) is 7.37. The number of nitrogens with two attached hydrogens (primary N) is 1. The summed E-state index contributed by atoms with van der Waals surface area (Å²) >= 11 is 0. The number of anilines is 1. The van der Waals surface area contributed by atoms with Crippen LogP contribution in [-0.4, -0.2) is 23.9 Å². The Balaban J connectivity index is 2.94. The van der Waals surface area contributed by atoms with Gasteiger partial charge in [-0.15, -0.1) is 0 Å². The average molecular weight is 220 g/mol. The summed E-state index contributed by atoms with van der Waals surface area (Å²) in [5.41, 5.74) is 5.96. The van der Waals surface area contributed by atoms with Crippen LogP contribution >= 0.6 is 0 Å². The van der Waals surface area contributed by atoms with E-state index in [-0.39, 0.29) is 5.84 Å². The van der Waals surface area contributed by atoms with E-state index in [9.17, 15) is 0 Å². The molecule has 0 aliphatic carbocycles. The van der Waals surface area contributed by atoms with Crippen LogP contribution in [-0.2, 0) is 0 Å². The Labute approximate surface area is 97.0 Å². The van der Waals surface area contributed by atoms with E-state index in [1.165, 1.54) is 0 Å². The largest absolute Gasteiger partial charge is 0.382 e. The van der Waals surface area contributed by atoms with Gasteiger partial charge in [0.2, 0.25) is 0 Å². The molecule has 0 bridgehead atoms. The molecular formula is C12H20N4. The first-order valence-electron chi connectivity index (χ1n) is 5.64. The minimum absolute atomic E-state index is 0.0137. The highest BCUT2D eigenvalue weighted by Crippen LogP contribution is 2.16. The van der Waals surface area contributed by atoms with Crippen LogP contribution in [0.25, 0.3) is 0 Å². The zero-order valence-corrected chi connectivity index (χ0v) is 10.2. The van der Waals surface area contributed by atoms with Crippen molar-refractivity contribution in [3.05, 3.63) is 23.9 Å². The summed E-state index contributed by atoms with van der Waals surface area (Å²) < 4.78 is 0. The van der Waals surface area contributed by atoms with Gasteiger partial charge in [-0.3, -0.25) is 5.41 Å². The van der Waals surface area contributed by atoms with Gasteiger partial charge >= 0.3 is 0 Å². The van der Waals surface area contributed by atoms with Crippen LogP contribution in [0.2, 0.25) is 0 Å². The molecule has 4 nitrogen and oxygen atoms in total. The van der Waals surface area contributed by atoms with E-state index < -0.39 is 0 Å². The Morgan fingerprint density at radius 1 is 1.44 bits per heavy atom. The number of aromatic nitrogens is 1. The molecule has 0 amide bonds. The van der Waals surface area contributed by atoms with Gasteiger partial charge in [0.25, 0.3) is 0 Å². The van der Waals surface area contributed by atoms with Crippen LogP contribution in [0.4, 0.5) is 5.82 Å². The van der Waals surface area contributed by atoms with Crippen molar-refractivity contribution in [1.82, 2.24) is 4.98 Å². The van der Waals surface area contributed by atoms with Gasteiger partial charge in [-0.25, -0.2) is 4.98 Å². The second kappa shape index (κ2) is 5.49. The number of rotatable bonds is 5. The van der Waals surface area contributed by atoms with Crippen molar-refractivity contribution in [3.63, 3.8) is 0 Å². The minimum atomic E-state index is 0.0137. The maximum atomic E-state index is 7.37. The Hall–Kier alpha value is -1.58. The zero-order valence-electron chi connectivity index (χ0n) is 10.2.